The zero-order valence-electron chi connectivity index (χ0n) is 13.6. The van der Waals surface area contributed by atoms with Crippen molar-refractivity contribution in [1.82, 2.24) is 10.6 Å². The molecule has 4 N–H and O–H groups in total. The highest BCUT2D eigenvalue weighted by Crippen LogP contribution is 2.17. The summed E-state index contributed by atoms with van der Waals surface area (Å²) in [5, 5.41) is 25.5. The summed E-state index contributed by atoms with van der Waals surface area (Å²) in [5.74, 6) is 0. The van der Waals surface area contributed by atoms with Crippen LogP contribution < -0.4 is 10.6 Å². The molecule has 1 rings (SSSR count). The first-order valence-electron chi connectivity index (χ1n) is 7.29. The van der Waals surface area contributed by atoms with Crippen LogP contribution in [0.25, 0.3) is 0 Å². The van der Waals surface area contributed by atoms with Gasteiger partial charge in [0.1, 0.15) is 17.8 Å². The van der Waals surface area contributed by atoms with Gasteiger partial charge in [0, 0.05) is 13.1 Å². The molecular weight excluding hydrogens is 284 g/mol. The van der Waals surface area contributed by atoms with Crippen LogP contribution in [0.15, 0.2) is 24.3 Å². The minimum atomic E-state index is -1.11. The van der Waals surface area contributed by atoms with Crippen molar-refractivity contribution >= 4 is 6.09 Å². The van der Waals surface area contributed by atoms with E-state index in [0.717, 1.165) is 12.1 Å². The molecule has 0 bridgehead atoms. The van der Waals surface area contributed by atoms with Crippen molar-refractivity contribution in [3.63, 3.8) is 0 Å². The van der Waals surface area contributed by atoms with Gasteiger partial charge in [0.2, 0.25) is 0 Å². The lowest BCUT2D eigenvalue weighted by molar-refractivity contribution is 0.0129. The van der Waals surface area contributed by atoms with E-state index in [2.05, 4.69) is 10.6 Å². The molecule has 0 spiro atoms. The molecule has 0 heterocycles. The van der Waals surface area contributed by atoms with Crippen LogP contribution in [0.1, 0.15) is 38.0 Å². The van der Waals surface area contributed by atoms with Crippen molar-refractivity contribution in [3.05, 3.63) is 35.4 Å². The molecule has 0 aliphatic rings. The summed E-state index contributed by atoms with van der Waals surface area (Å²) in [6.45, 7) is 5.91. The Morgan fingerprint density at radius 3 is 2.32 bits per heavy atom. The molecule has 0 fully saturated rings. The molecule has 0 radical (unpaired) electrons. The minimum absolute atomic E-state index is 0.0889. The van der Waals surface area contributed by atoms with Crippen LogP contribution in [0.4, 0.5) is 4.79 Å². The number of hydrogen-bond donors (Lipinski definition) is 4. The van der Waals surface area contributed by atoms with Gasteiger partial charge in [-0.15, -0.1) is 0 Å². The van der Waals surface area contributed by atoms with Crippen molar-refractivity contribution < 1.29 is 19.7 Å². The Labute approximate surface area is 131 Å². The molecular formula is C16H26N2O4. The normalized spacial score (nSPS) is 14.3. The zero-order valence-corrected chi connectivity index (χ0v) is 13.6. The number of ether oxygens (including phenoxy) is 1. The van der Waals surface area contributed by atoms with Crippen LogP contribution in [0.3, 0.4) is 0 Å². The number of alkyl carbamates (subject to hydrolysis) is 1. The topological polar surface area (TPSA) is 90.8 Å². The van der Waals surface area contributed by atoms with Crippen molar-refractivity contribution in [1.29, 1.82) is 0 Å². The fourth-order valence-corrected chi connectivity index (χ4v) is 1.87. The summed E-state index contributed by atoms with van der Waals surface area (Å²) in [6.07, 6.45) is -2.80. The van der Waals surface area contributed by atoms with Crippen LogP contribution in [0.2, 0.25) is 0 Å². The van der Waals surface area contributed by atoms with Crippen LogP contribution in [0.5, 0.6) is 0 Å². The fourth-order valence-electron chi connectivity index (χ4n) is 1.87. The Morgan fingerprint density at radius 1 is 1.23 bits per heavy atom. The molecule has 1 amide bonds. The Bertz CT molecular complexity index is 468. The van der Waals surface area contributed by atoms with Crippen LogP contribution >= 0.6 is 0 Å². The molecule has 0 aliphatic heterocycles. The Balaban J connectivity index is 2.50. The first-order chi connectivity index (χ1) is 10.2. The van der Waals surface area contributed by atoms with E-state index in [1.165, 1.54) is 0 Å². The van der Waals surface area contributed by atoms with Crippen molar-refractivity contribution in [3.8, 4) is 0 Å². The van der Waals surface area contributed by atoms with Crippen LogP contribution in [0, 0.1) is 0 Å². The molecule has 6 nitrogen and oxygen atoms in total. The van der Waals surface area contributed by atoms with E-state index in [-0.39, 0.29) is 6.54 Å². The van der Waals surface area contributed by atoms with E-state index in [4.69, 9.17) is 4.74 Å². The monoisotopic (exact) mass is 310 g/mol. The molecule has 1 aromatic carbocycles. The molecule has 6 heteroatoms. The van der Waals surface area contributed by atoms with Gasteiger partial charge in [-0.3, -0.25) is 0 Å². The minimum Gasteiger partial charge on any atom is -0.444 e. The average molecular weight is 310 g/mol. The van der Waals surface area contributed by atoms with Crippen molar-refractivity contribution in [2.45, 2.75) is 45.1 Å². The maximum atomic E-state index is 11.5. The van der Waals surface area contributed by atoms with E-state index in [9.17, 15) is 15.0 Å². The fraction of sp³-hybridized carbons (Fsp3) is 0.562. The predicted molar refractivity (Wildman–Crippen MR) is 84.4 cm³/mol. The van der Waals surface area contributed by atoms with Gasteiger partial charge < -0.3 is 25.6 Å². The highest BCUT2D eigenvalue weighted by atomic mass is 16.6. The second-order valence-electron chi connectivity index (χ2n) is 6.17. The van der Waals surface area contributed by atoms with Crippen molar-refractivity contribution in [2.75, 3.05) is 13.6 Å². The lowest BCUT2D eigenvalue weighted by atomic mass is 10.0. The van der Waals surface area contributed by atoms with Gasteiger partial charge in [-0.2, -0.15) is 0 Å². The molecule has 0 saturated heterocycles. The van der Waals surface area contributed by atoms with E-state index in [1.54, 1.807) is 32.9 Å². The summed E-state index contributed by atoms with van der Waals surface area (Å²) < 4.78 is 5.07. The average Bonchev–Trinajstić information content (AvgIpc) is 2.43. The van der Waals surface area contributed by atoms with E-state index >= 15 is 0 Å². The number of aliphatic hydroxyl groups is 2. The standard InChI is InChI=1S/C16H26N2O4/c1-16(2,3)22-15(21)18-10-13(19)14(20)12-7-5-11(6-8-12)9-17-4/h5-8,13-14,17,19-20H,9-10H2,1-4H3,(H,18,21). The number of hydrogen-bond acceptors (Lipinski definition) is 5. The SMILES string of the molecule is CNCc1ccc(C(O)C(O)CNC(=O)OC(C)(C)C)cc1. The van der Waals surface area contributed by atoms with Crippen LogP contribution in [-0.2, 0) is 11.3 Å². The van der Waals surface area contributed by atoms with Gasteiger partial charge in [0.05, 0.1) is 0 Å². The molecule has 22 heavy (non-hydrogen) atoms. The van der Waals surface area contributed by atoms with E-state index < -0.39 is 23.9 Å². The van der Waals surface area contributed by atoms with Gasteiger partial charge in [-0.1, -0.05) is 24.3 Å². The van der Waals surface area contributed by atoms with Gasteiger partial charge >= 0.3 is 6.09 Å². The summed E-state index contributed by atoms with van der Waals surface area (Å²) in [6, 6.07) is 7.27. The summed E-state index contributed by atoms with van der Waals surface area (Å²) in [4.78, 5) is 11.5. The van der Waals surface area contributed by atoms with Gasteiger partial charge in [-0.25, -0.2) is 4.79 Å². The number of aliphatic hydroxyl groups excluding tert-OH is 2. The summed E-state index contributed by atoms with van der Waals surface area (Å²) in [7, 11) is 1.86. The zero-order chi connectivity index (χ0) is 16.8. The van der Waals surface area contributed by atoms with Crippen molar-refractivity contribution in [2.24, 2.45) is 0 Å². The highest BCUT2D eigenvalue weighted by Gasteiger charge is 2.21. The van der Waals surface area contributed by atoms with E-state index in [0.29, 0.717) is 5.56 Å². The predicted octanol–water partition coefficient (Wildman–Crippen LogP) is 1.32. The Kier molecular flexibility index (Phi) is 6.80. The third-order valence-corrected chi connectivity index (χ3v) is 2.92. The van der Waals surface area contributed by atoms with Gasteiger partial charge in [0.15, 0.2) is 0 Å². The summed E-state index contributed by atoms with van der Waals surface area (Å²) in [5.41, 5.74) is 1.08. The number of amides is 1. The van der Waals surface area contributed by atoms with Gasteiger partial charge in [-0.05, 0) is 38.9 Å². The maximum absolute atomic E-state index is 11.5. The number of benzene rings is 1. The lowest BCUT2D eigenvalue weighted by Crippen LogP contribution is -2.38. The second-order valence-corrected chi connectivity index (χ2v) is 6.17. The van der Waals surface area contributed by atoms with Gasteiger partial charge in [0.25, 0.3) is 0 Å². The molecule has 0 aromatic heterocycles. The molecule has 2 atom stereocenters. The summed E-state index contributed by atoms with van der Waals surface area (Å²) >= 11 is 0. The lowest BCUT2D eigenvalue weighted by Gasteiger charge is -2.22. The first kappa shape index (κ1) is 18.4. The smallest absolute Gasteiger partial charge is 0.407 e. The Morgan fingerprint density at radius 2 is 1.82 bits per heavy atom. The quantitative estimate of drug-likeness (QED) is 0.636. The molecule has 1 aromatic rings. The molecule has 0 saturated carbocycles. The third-order valence-electron chi connectivity index (χ3n) is 2.92. The largest absolute Gasteiger partial charge is 0.444 e. The van der Waals surface area contributed by atoms with Crippen LogP contribution in [-0.4, -0.2) is 41.6 Å². The Hall–Kier alpha value is -1.63. The number of rotatable bonds is 6. The molecule has 0 aliphatic carbocycles. The number of carbonyl (C=O) groups is 1. The second kappa shape index (κ2) is 8.12. The molecule has 124 valence electrons. The van der Waals surface area contributed by atoms with E-state index in [1.807, 2.05) is 19.2 Å². The maximum Gasteiger partial charge on any atom is 0.407 e. The molecule has 2 unspecified atom stereocenters. The third kappa shape index (κ3) is 6.43. The number of nitrogens with one attached hydrogen (secondary N) is 2. The number of carbonyl (C=O) groups excluding carboxylic acids is 1. The first-order valence-corrected chi connectivity index (χ1v) is 7.29. The highest BCUT2D eigenvalue weighted by molar-refractivity contribution is 5.67.